The highest BCUT2D eigenvalue weighted by molar-refractivity contribution is 5.85. The molecule has 1 amide bonds. The lowest BCUT2D eigenvalue weighted by Gasteiger charge is -2.21. The lowest BCUT2D eigenvalue weighted by Crippen LogP contribution is -2.38. The summed E-state index contributed by atoms with van der Waals surface area (Å²) in [5.41, 5.74) is -0.971. The molecular formula is C12H16N2O2. The highest BCUT2D eigenvalue weighted by atomic mass is 16.3. The lowest BCUT2D eigenvalue weighted by molar-refractivity contribution is -0.128. The Labute approximate surface area is 95.2 Å². The summed E-state index contributed by atoms with van der Waals surface area (Å²) in [6.07, 6.45) is 2.04. The van der Waals surface area contributed by atoms with Gasteiger partial charge in [-0.25, -0.2) is 0 Å². The van der Waals surface area contributed by atoms with Crippen molar-refractivity contribution in [3.8, 4) is 6.07 Å². The fourth-order valence-electron chi connectivity index (χ4n) is 1.26. The van der Waals surface area contributed by atoms with E-state index in [-0.39, 0.29) is 11.9 Å². The molecule has 0 fully saturated rings. The van der Waals surface area contributed by atoms with Crippen LogP contribution in [0.4, 0.5) is 0 Å². The lowest BCUT2D eigenvalue weighted by atomic mass is 9.88. The number of carbonyl (C=O) groups is 1. The van der Waals surface area contributed by atoms with Crippen molar-refractivity contribution in [3.63, 3.8) is 0 Å². The fourth-order valence-corrected chi connectivity index (χ4v) is 1.26. The first-order valence-corrected chi connectivity index (χ1v) is 5.29. The van der Waals surface area contributed by atoms with Crippen LogP contribution in [0.1, 0.15) is 39.0 Å². The largest absolute Gasteiger partial charge is 0.467 e. The van der Waals surface area contributed by atoms with Gasteiger partial charge in [-0.15, -0.1) is 0 Å². The molecule has 4 nitrogen and oxygen atoms in total. The summed E-state index contributed by atoms with van der Waals surface area (Å²) in [6.45, 7) is 5.28. The van der Waals surface area contributed by atoms with Gasteiger partial charge < -0.3 is 9.73 Å². The Balaban J connectivity index is 2.69. The summed E-state index contributed by atoms with van der Waals surface area (Å²) < 4.78 is 5.18. The van der Waals surface area contributed by atoms with E-state index >= 15 is 0 Å². The van der Waals surface area contributed by atoms with E-state index in [2.05, 4.69) is 5.32 Å². The topological polar surface area (TPSA) is 66.0 Å². The molecule has 1 aromatic rings. The third-order valence-corrected chi connectivity index (χ3v) is 2.77. The first-order chi connectivity index (χ1) is 7.53. The molecule has 2 atom stereocenters. The van der Waals surface area contributed by atoms with E-state index in [1.807, 2.05) is 19.9 Å². The quantitative estimate of drug-likeness (QED) is 0.847. The molecule has 2 unspecified atom stereocenters. The molecule has 0 radical (unpaired) electrons. The fraction of sp³-hybridized carbons (Fsp3) is 0.500. The van der Waals surface area contributed by atoms with Crippen LogP contribution in [0, 0.1) is 16.7 Å². The van der Waals surface area contributed by atoms with Crippen LogP contribution in [0.25, 0.3) is 0 Å². The molecular weight excluding hydrogens is 204 g/mol. The molecule has 1 aromatic heterocycles. The van der Waals surface area contributed by atoms with Crippen LogP contribution in [-0.2, 0) is 4.79 Å². The molecule has 0 aliphatic carbocycles. The van der Waals surface area contributed by atoms with Crippen molar-refractivity contribution in [1.82, 2.24) is 5.32 Å². The predicted octanol–water partition coefficient (Wildman–Crippen LogP) is 2.40. The second-order valence-corrected chi connectivity index (χ2v) is 4.01. The van der Waals surface area contributed by atoms with Gasteiger partial charge >= 0.3 is 0 Å². The average Bonchev–Trinajstić information content (AvgIpc) is 2.81. The number of furan rings is 1. The number of rotatable bonds is 4. The monoisotopic (exact) mass is 220 g/mol. The van der Waals surface area contributed by atoms with Gasteiger partial charge in [-0.05, 0) is 32.4 Å². The van der Waals surface area contributed by atoms with Crippen LogP contribution in [-0.4, -0.2) is 5.91 Å². The van der Waals surface area contributed by atoms with Gasteiger partial charge in [0.2, 0.25) is 5.91 Å². The Bertz CT molecular complexity index is 392. The first-order valence-electron chi connectivity index (χ1n) is 5.29. The average molecular weight is 220 g/mol. The van der Waals surface area contributed by atoms with Crippen molar-refractivity contribution < 1.29 is 9.21 Å². The van der Waals surface area contributed by atoms with Crippen molar-refractivity contribution in [3.05, 3.63) is 24.2 Å². The van der Waals surface area contributed by atoms with Gasteiger partial charge in [0.1, 0.15) is 11.2 Å². The van der Waals surface area contributed by atoms with Gasteiger partial charge in [0.25, 0.3) is 0 Å². The van der Waals surface area contributed by atoms with Crippen LogP contribution in [0.3, 0.4) is 0 Å². The van der Waals surface area contributed by atoms with Crippen LogP contribution in [0.2, 0.25) is 0 Å². The minimum Gasteiger partial charge on any atom is -0.467 e. The molecule has 0 saturated heterocycles. The molecule has 0 aliphatic rings. The van der Waals surface area contributed by atoms with E-state index in [1.54, 1.807) is 25.3 Å². The Hall–Kier alpha value is -1.76. The molecule has 1 rings (SSSR count). The van der Waals surface area contributed by atoms with Gasteiger partial charge in [-0.2, -0.15) is 5.26 Å². The number of nitrogens with zero attached hydrogens (tertiary/aromatic N) is 1. The normalized spacial score (nSPS) is 15.9. The van der Waals surface area contributed by atoms with E-state index in [4.69, 9.17) is 9.68 Å². The van der Waals surface area contributed by atoms with Crippen LogP contribution >= 0.6 is 0 Å². The smallest absolute Gasteiger partial charge is 0.240 e. The zero-order chi connectivity index (χ0) is 12.2. The molecule has 1 N–H and O–H groups in total. The molecule has 0 spiro atoms. The molecule has 0 saturated carbocycles. The third-order valence-electron chi connectivity index (χ3n) is 2.77. The van der Waals surface area contributed by atoms with Gasteiger partial charge in [0.05, 0.1) is 18.4 Å². The van der Waals surface area contributed by atoms with Gasteiger partial charge in [-0.1, -0.05) is 6.92 Å². The van der Waals surface area contributed by atoms with Gasteiger partial charge in [0.15, 0.2) is 0 Å². The van der Waals surface area contributed by atoms with Crippen LogP contribution < -0.4 is 5.32 Å². The van der Waals surface area contributed by atoms with E-state index in [1.165, 1.54) is 0 Å². The standard InChI is InChI=1S/C12H16N2O2/c1-4-12(3,8-13)11(15)14-9(2)10-6-5-7-16-10/h5-7,9H,4H2,1-3H3,(H,14,15). The van der Waals surface area contributed by atoms with Gasteiger partial charge in [-0.3, -0.25) is 4.79 Å². The van der Waals surface area contributed by atoms with Crippen molar-refractivity contribution >= 4 is 5.91 Å². The summed E-state index contributed by atoms with van der Waals surface area (Å²) >= 11 is 0. The minimum atomic E-state index is -0.971. The number of nitriles is 1. The SMILES string of the molecule is CCC(C)(C#N)C(=O)NC(C)c1ccco1. The summed E-state index contributed by atoms with van der Waals surface area (Å²) in [5, 5.41) is 11.7. The Morgan fingerprint density at radius 2 is 2.44 bits per heavy atom. The summed E-state index contributed by atoms with van der Waals surface area (Å²) in [4.78, 5) is 11.9. The van der Waals surface area contributed by atoms with Crippen molar-refractivity contribution in [2.75, 3.05) is 0 Å². The second-order valence-electron chi connectivity index (χ2n) is 4.01. The number of carbonyl (C=O) groups excluding carboxylic acids is 1. The van der Waals surface area contributed by atoms with Crippen LogP contribution in [0.15, 0.2) is 22.8 Å². The van der Waals surface area contributed by atoms with E-state index in [0.29, 0.717) is 12.2 Å². The first kappa shape index (κ1) is 12.3. The Kier molecular flexibility index (Phi) is 3.73. The number of nitrogens with one attached hydrogen (secondary N) is 1. The molecule has 4 heteroatoms. The summed E-state index contributed by atoms with van der Waals surface area (Å²) in [5.74, 6) is 0.422. The molecule has 0 bridgehead atoms. The molecule has 16 heavy (non-hydrogen) atoms. The van der Waals surface area contributed by atoms with Crippen molar-refractivity contribution in [2.45, 2.75) is 33.2 Å². The number of amides is 1. The zero-order valence-corrected chi connectivity index (χ0v) is 9.78. The number of hydrogen-bond donors (Lipinski definition) is 1. The Morgan fingerprint density at radius 3 is 2.88 bits per heavy atom. The predicted molar refractivity (Wildman–Crippen MR) is 59.3 cm³/mol. The maximum absolute atomic E-state index is 11.9. The summed E-state index contributed by atoms with van der Waals surface area (Å²) in [6, 6.07) is 5.37. The highest BCUT2D eigenvalue weighted by Crippen LogP contribution is 2.22. The Morgan fingerprint density at radius 1 is 1.75 bits per heavy atom. The molecule has 0 aliphatic heterocycles. The zero-order valence-electron chi connectivity index (χ0n) is 9.78. The molecule has 1 heterocycles. The van der Waals surface area contributed by atoms with E-state index in [0.717, 1.165) is 0 Å². The van der Waals surface area contributed by atoms with Crippen molar-refractivity contribution in [1.29, 1.82) is 5.26 Å². The maximum Gasteiger partial charge on any atom is 0.240 e. The second kappa shape index (κ2) is 4.84. The van der Waals surface area contributed by atoms with E-state index in [9.17, 15) is 4.79 Å². The number of hydrogen-bond acceptors (Lipinski definition) is 3. The minimum absolute atomic E-state index is 0.221. The van der Waals surface area contributed by atoms with E-state index < -0.39 is 5.41 Å². The summed E-state index contributed by atoms with van der Waals surface area (Å²) in [7, 11) is 0. The van der Waals surface area contributed by atoms with Crippen LogP contribution in [0.5, 0.6) is 0 Å². The van der Waals surface area contributed by atoms with Gasteiger partial charge in [0, 0.05) is 0 Å². The third kappa shape index (κ3) is 2.43. The van der Waals surface area contributed by atoms with Crippen molar-refractivity contribution in [2.24, 2.45) is 5.41 Å². The highest BCUT2D eigenvalue weighted by Gasteiger charge is 2.32. The maximum atomic E-state index is 11.9. The molecule has 0 aromatic carbocycles. The molecule has 86 valence electrons.